The van der Waals surface area contributed by atoms with Crippen LogP contribution in [0, 0.1) is 0 Å². The monoisotopic (exact) mass is 868 g/mol. The summed E-state index contributed by atoms with van der Waals surface area (Å²) in [6.07, 6.45) is 0. The second-order valence-corrected chi connectivity index (χ2v) is 17.0. The summed E-state index contributed by atoms with van der Waals surface area (Å²) in [6, 6.07) is 85.0. The third-order valence-corrected chi connectivity index (χ3v) is 13.0. The van der Waals surface area contributed by atoms with E-state index >= 15 is 0 Å². The molecular weight excluding hydrogens is 829 g/mol. The largest absolute Gasteiger partial charge is 0.309 e. The molecule has 0 N–H and O–H groups in total. The maximum atomic E-state index is 5.58. The zero-order valence-electron chi connectivity index (χ0n) is 36.8. The SMILES string of the molecule is c1ccc(-c2nc(-c3cccc(-c4c(-c5ccccc5)n5nc(-c6ccccc6)c(-c6ccccc6)c5c5ccccc45)c3)nc(-c3cccc(-n4c5ccccc5c5ccccc54)c3)n2)cc1. The van der Waals surface area contributed by atoms with Crippen molar-refractivity contribution in [2.45, 2.75) is 0 Å². The van der Waals surface area contributed by atoms with Crippen molar-refractivity contribution in [3.05, 3.63) is 243 Å². The molecule has 0 bridgehead atoms. The minimum Gasteiger partial charge on any atom is -0.309 e. The first kappa shape index (κ1) is 39.1. The molecule has 0 aliphatic rings. The summed E-state index contributed by atoms with van der Waals surface area (Å²) in [4.78, 5) is 15.7. The summed E-state index contributed by atoms with van der Waals surface area (Å²) in [6.45, 7) is 0. The van der Waals surface area contributed by atoms with Crippen LogP contribution in [0.1, 0.15) is 0 Å². The molecule has 6 heteroatoms. The molecule has 318 valence electrons. The van der Waals surface area contributed by atoms with Crippen LogP contribution in [0.4, 0.5) is 0 Å². The fraction of sp³-hybridized carbons (Fsp3) is 0. The van der Waals surface area contributed by atoms with Crippen molar-refractivity contribution in [2.75, 3.05) is 0 Å². The molecule has 9 aromatic carbocycles. The lowest BCUT2D eigenvalue weighted by Gasteiger charge is -2.18. The van der Waals surface area contributed by atoms with E-state index in [9.17, 15) is 0 Å². The molecule has 0 saturated carbocycles. The first-order chi connectivity index (χ1) is 33.7. The van der Waals surface area contributed by atoms with Crippen LogP contribution < -0.4 is 0 Å². The predicted molar refractivity (Wildman–Crippen MR) is 278 cm³/mol. The van der Waals surface area contributed by atoms with Gasteiger partial charge >= 0.3 is 0 Å². The standard InChI is InChI=1S/C62H40N6/c1-5-21-41(22-6-1)56-57(42-23-7-2-8-24-42)66-68-58(43-25-9-3-10-26-43)55(51-35-13-14-36-52(51)59(56)68)45-29-19-30-46(39-45)61-63-60(44-27-11-4-12-28-44)64-62(65-61)47-31-20-32-48(40-47)67-53-37-17-15-33-49(53)50-34-16-18-38-54(50)67/h1-40H. The number of hydrogen-bond donors (Lipinski definition) is 0. The molecule has 0 radical (unpaired) electrons. The topological polar surface area (TPSA) is 60.9 Å². The lowest BCUT2D eigenvalue weighted by Crippen LogP contribution is -2.02. The minimum absolute atomic E-state index is 0.585. The van der Waals surface area contributed by atoms with Crippen LogP contribution >= 0.6 is 0 Å². The fourth-order valence-corrected chi connectivity index (χ4v) is 9.95. The molecule has 4 aromatic heterocycles. The van der Waals surface area contributed by atoms with Crippen LogP contribution in [-0.4, -0.2) is 29.1 Å². The summed E-state index contributed by atoms with van der Waals surface area (Å²) >= 11 is 0. The number of fused-ring (bicyclic) bond motifs is 6. The Morgan fingerprint density at radius 3 is 1.35 bits per heavy atom. The summed E-state index contributed by atoms with van der Waals surface area (Å²) < 4.78 is 4.51. The van der Waals surface area contributed by atoms with Gasteiger partial charge in [-0.05, 0) is 46.8 Å². The predicted octanol–water partition coefficient (Wildman–Crippen LogP) is 15.4. The third-order valence-electron chi connectivity index (χ3n) is 13.0. The molecule has 0 unspecified atom stereocenters. The molecule has 0 amide bonds. The smallest absolute Gasteiger partial charge is 0.164 e. The molecule has 13 rings (SSSR count). The Labute approximate surface area is 392 Å². The fourth-order valence-electron chi connectivity index (χ4n) is 9.95. The molecule has 68 heavy (non-hydrogen) atoms. The van der Waals surface area contributed by atoms with Gasteiger partial charge in [0, 0.05) is 60.8 Å². The Hall–Kier alpha value is -9.26. The lowest BCUT2D eigenvalue weighted by molar-refractivity contribution is 0.981. The zero-order chi connectivity index (χ0) is 45.0. The number of pyridine rings is 1. The molecule has 6 nitrogen and oxygen atoms in total. The van der Waals surface area contributed by atoms with Crippen LogP contribution in [0.15, 0.2) is 243 Å². The van der Waals surface area contributed by atoms with Crippen molar-refractivity contribution >= 4 is 38.1 Å². The summed E-state index contributed by atoms with van der Waals surface area (Å²) in [5.41, 5.74) is 15.4. The summed E-state index contributed by atoms with van der Waals surface area (Å²) in [7, 11) is 0. The average molecular weight is 869 g/mol. The summed E-state index contributed by atoms with van der Waals surface area (Å²) in [5.74, 6) is 1.78. The third kappa shape index (κ3) is 6.58. The Bertz CT molecular complexity index is 3960. The Morgan fingerprint density at radius 2 is 0.735 bits per heavy atom. The average Bonchev–Trinajstić information content (AvgIpc) is 3.99. The highest BCUT2D eigenvalue weighted by atomic mass is 15.2. The van der Waals surface area contributed by atoms with Gasteiger partial charge < -0.3 is 4.57 Å². The van der Waals surface area contributed by atoms with Crippen LogP contribution in [0.25, 0.3) is 123 Å². The molecule has 0 spiro atoms. The number of hydrogen-bond acceptors (Lipinski definition) is 4. The summed E-state index contributed by atoms with van der Waals surface area (Å²) in [5, 5.41) is 10.2. The molecule has 0 fully saturated rings. The van der Waals surface area contributed by atoms with Crippen LogP contribution in [0.3, 0.4) is 0 Å². The van der Waals surface area contributed by atoms with E-state index in [0.29, 0.717) is 17.5 Å². The van der Waals surface area contributed by atoms with Crippen molar-refractivity contribution in [3.63, 3.8) is 0 Å². The van der Waals surface area contributed by atoms with Gasteiger partial charge in [0.25, 0.3) is 0 Å². The highest BCUT2D eigenvalue weighted by molar-refractivity contribution is 6.15. The van der Waals surface area contributed by atoms with Gasteiger partial charge in [0.05, 0.1) is 22.2 Å². The molecule has 4 heterocycles. The van der Waals surface area contributed by atoms with Gasteiger partial charge in [0.1, 0.15) is 5.69 Å². The Balaban J connectivity index is 1.04. The van der Waals surface area contributed by atoms with Gasteiger partial charge in [-0.1, -0.05) is 212 Å². The molecule has 0 atom stereocenters. The van der Waals surface area contributed by atoms with E-state index in [4.69, 9.17) is 20.1 Å². The van der Waals surface area contributed by atoms with Crippen molar-refractivity contribution < 1.29 is 0 Å². The Morgan fingerprint density at radius 1 is 0.294 bits per heavy atom. The highest BCUT2D eigenvalue weighted by Crippen LogP contribution is 2.46. The van der Waals surface area contributed by atoms with Gasteiger partial charge in [-0.15, -0.1) is 0 Å². The van der Waals surface area contributed by atoms with Gasteiger partial charge in [0.15, 0.2) is 17.5 Å². The molecule has 0 aliphatic carbocycles. The number of nitrogens with zero attached hydrogens (tertiary/aromatic N) is 6. The molecule has 0 saturated heterocycles. The maximum absolute atomic E-state index is 5.58. The van der Waals surface area contributed by atoms with E-state index in [1.54, 1.807) is 0 Å². The zero-order valence-corrected chi connectivity index (χ0v) is 36.8. The number of para-hydroxylation sites is 2. The first-order valence-electron chi connectivity index (χ1n) is 22.9. The number of benzene rings is 9. The molecule has 0 aliphatic heterocycles. The van der Waals surface area contributed by atoms with E-state index in [1.807, 2.05) is 18.2 Å². The molecular formula is C62H40N6. The second kappa shape index (κ2) is 16.3. The second-order valence-electron chi connectivity index (χ2n) is 17.0. The van der Waals surface area contributed by atoms with Crippen LogP contribution in [0.5, 0.6) is 0 Å². The van der Waals surface area contributed by atoms with Crippen molar-refractivity contribution in [1.82, 2.24) is 29.1 Å². The van der Waals surface area contributed by atoms with E-state index in [1.165, 1.54) is 10.8 Å². The van der Waals surface area contributed by atoms with Gasteiger partial charge in [0.2, 0.25) is 0 Å². The molecule has 13 aromatic rings. The van der Waals surface area contributed by atoms with Crippen LogP contribution in [0.2, 0.25) is 0 Å². The van der Waals surface area contributed by atoms with Crippen LogP contribution in [-0.2, 0) is 0 Å². The van der Waals surface area contributed by atoms with Crippen molar-refractivity contribution in [3.8, 4) is 84.6 Å². The van der Waals surface area contributed by atoms with Gasteiger partial charge in [-0.2, -0.15) is 5.10 Å². The lowest BCUT2D eigenvalue weighted by atomic mass is 9.90. The first-order valence-corrected chi connectivity index (χ1v) is 22.9. The Kier molecular flexibility index (Phi) is 9.39. The number of aromatic nitrogens is 6. The van der Waals surface area contributed by atoms with Gasteiger partial charge in [-0.3, -0.25) is 0 Å². The number of rotatable bonds is 8. The van der Waals surface area contributed by atoms with E-state index < -0.39 is 0 Å². The normalized spacial score (nSPS) is 11.5. The van der Waals surface area contributed by atoms with E-state index in [-0.39, 0.29) is 0 Å². The maximum Gasteiger partial charge on any atom is 0.164 e. The minimum atomic E-state index is 0.585. The highest BCUT2D eigenvalue weighted by Gasteiger charge is 2.26. The van der Waals surface area contributed by atoms with Crippen molar-refractivity contribution in [1.29, 1.82) is 0 Å². The van der Waals surface area contributed by atoms with E-state index in [0.717, 1.165) is 94.5 Å². The quantitative estimate of drug-likeness (QED) is 0.153. The van der Waals surface area contributed by atoms with Gasteiger partial charge in [-0.25, -0.2) is 19.5 Å². The van der Waals surface area contributed by atoms with Crippen molar-refractivity contribution in [2.24, 2.45) is 0 Å². The van der Waals surface area contributed by atoms with E-state index in [2.05, 4.69) is 234 Å².